The average molecular weight is 408 g/mol. The molecule has 0 aromatic heterocycles. The Morgan fingerprint density at radius 2 is 2.03 bits per heavy atom. The van der Waals surface area contributed by atoms with Crippen molar-refractivity contribution in [3.8, 4) is 5.75 Å². The SMILES string of the molecule is CC1=C(N)Nc2cc(CN(C(=O)OC(C)(C)C)C3CCc4ccccc43)ccc2O1. The van der Waals surface area contributed by atoms with Crippen LogP contribution in [0.1, 0.15) is 56.8 Å². The lowest BCUT2D eigenvalue weighted by Gasteiger charge is -2.32. The number of nitrogens with one attached hydrogen (secondary N) is 1. The summed E-state index contributed by atoms with van der Waals surface area (Å²) in [6.45, 7) is 7.93. The molecule has 0 bridgehead atoms. The van der Waals surface area contributed by atoms with E-state index in [1.54, 1.807) is 0 Å². The molecule has 1 heterocycles. The van der Waals surface area contributed by atoms with E-state index in [9.17, 15) is 4.79 Å². The van der Waals surface area contributed by atoms with E-state index in [2.05, 4.69) is 17.4 Å². The number of benzene rings is 2. The van der Waals surface area contributed by atoms with Crippen molar-refractivity contribution in [2.24, 2.45) is 5.73 Å². The molecule has 4 rings (SSSR count). The molecule has 0 fully saturated rings. The highest BCUT2D eigenvalue weighted by Crippen LogP contribution is 2.38. The van der Waals surface area contributed by atoms with Gasteiger partial charge in [0, 0.05) is 6.54 Å². The quantitative estimate of drug-likeness (QED) is 0.743. The molecule has 158 valence electrons. The maximum Gasteiger partial charge on any atom is 0.411 e. The van der Waals surface area contributed by atoms with Crippen LogP contribution >= 0.6 is 0 Å². The standard InChI is InChI=1S/C24H29N3O3/c1-15-22(25)26-19-13-16(9-12-21(19)29-15)14-27(23(28)30-24(2,3)4)20-11-10-17-7-5-6-8-18(17)20/h5-9,12-13,20,26H,10-11,14,25H2,1-4H3. The molecule has 0 spiro atoms. The van der Waals surface area contributed by atoms with E-state index in [0.29, 0.717) is 18.1 Å². The number of aryl methyl sites for hydroxylation is 1. The summed E-state index contributed by atoms with van der Waals surface area (Å²) in [6, 6.07) is 14.2. The molecule has 1 unspecified atom stereocenters. The predicted molar refractivity (Wildman–Crippen MR) is 117 cm³/mol. The first kappa shape index (κ1) is 20.1. The largest absolute Gasteiger partial charge is 0.456 e. The van der Waals surface area contributed by atoms with Gasteiger partial charge in [0.15, 0.2) is 5.75 Å². The molecule has 2 aliphatic rings. The van der Waals surface area contributed by atoms with Crippen molar-refractivity contribution in [2.75, 3.05) is 5.32 Å². The molecule has 0 saturated heterocycles. The van der Waals surface area contributed by atoms with Crippen LogP contribution in [0.5, 0.6) is 5.75 Å². The molecule has 6 heteroatoms. The summed E-state index contributed by atoms with van der Waals surface area (Å²) in [5, 5.41) is 3.17. The van der Waals surface area contributed by atoms with Crippen LogP contribution in [0.15, 0.2) is 54.0 Å². The molecule has 30 heavy (non-hydrogen) atoms. The van der Waals surface area contributed by atoms with Gasteiger partial charge >= 0.3 is 6.09 Å². The fraction of sp³-hybridized carbons (Fsp3) is 0.375. The summed E-state index contributed by atoms with van der Waals surface area (Å²) in [6.07, 6.45) is 1.54. The van der Waals surface area contributed by atoms with Crippen molar-refractivity contribution < 1.29 is 14.3 Å². The van der Waals surface area contributed by atoms with Crippen LogP contribution < -0.4 is 15.8 Å². The predicted octanol–water partition coefficient (Wildman–Crippen LogP) is 5.06. The van der Waals surface area contributed by atoms with E-state index >= 15 is 0 Å². The zero-order chi connectivity index (χ0) is 21.5. The van der Waals surface area contributed by atoms with Crippen molar-refractivity contribution in [2.45, 2.75) is 58.7 Å². The van der Waals surface area contributed by atoms with Gasteiger partial charge in [0.1, 0.15) is 17.2 Å². The number of rotatable bonds is 3. The van der Waals surface area contributed by atoms with Crippen LogP contribution in [0.4, 0.5) is 10.5 Å². The lowest BCUT2D eigenvalue weighted by atomic mass is 10.1. The maximum atomic E-state index is 13.2. The number of hydrogen-bond acceptors (Lipinski definition) is 5. The van der Waals surface area contributed by atoms with E-state index in [1.807, 2.05) is 62.9 Å². The van der Waals surface area contributed by atoms with Crippen molar-refractivity contribution in [3.63, 3.8) is 0 Å². The average Bonchev–Trinajstić information content (AvgIpc) is 3.09. The number of ether oxygens (including phenoxy) is 2. The first-order valence-electron chi connectivity index (χ1n) is 10.3. The molecule has 3 N–H and O–H groups in total. The van der Waals surface area contributed by atoms with Gasteiger partial charge in [0.25, 0.3) is 0 Å². The van der Waals surface area contributed by atoms with Gasteiger partial charge in [-0.2, -0.15) is 0 Å². The van der Waals surface area contributed by atoms with Crippen LogP contribution in [0.3, 0.4) is 0 Å². The molecular weight excluding hydrogens is 378 g/mol. The molecule has 1 atom stereocenters. The van der Waals surface area contributed by atoms with Gasteiger partial charge in [-0.1, -0.05) is 30.3 Å². The van der Waals surface area contributed by atoms with E-state index in [1.165, 1.54) is 11.1 Å². The van der Waals surface area contributed by atoms with Crippen LogP contribution in [-0.2, 0) is 17.7 Å². The number of nitrogens with two attached hydrogens (primary N) is 1. The number of carbonyl (C=O) groups is 1. The van der Waals surface area contributed by atoms with Crippen molar-refractivity contribution >= 4 is 11.8 Å². The summed E-state index contributed by atoms with van der Waals surface area (Å²) >= 11 is 0. The van der Waals surface area contributed by atoms with E-state index < -0.39 is 5.60 Å². The summed E-state index contributed by atoms with van der Waals surface area (Å²) in [7, 11) is 0. The molecule has 2 aromatic rings. The molecule has 1 aliphatic carbocycles. The van der Waals surface area contributed by atoms with E-state index in [0.717, 1.165) is 29.8 Å². The number of fused-ring (bicyclic) bond motifs is 2. The third kappa shape index (κ3) is 4.08. The third-order valence-corrected chi connectivity index (χ3v) is 5.41. The fourth-order valence-electron chi connectivity index (χ4n) is 3.99. The molecule has 6 nitrogen and oxygen atoms in total. The highest BCUT2D eigenvalue weighted by Gasteiger charge is 2.33. The van der Waals surface area contributed by atoms with Gasteiger partial charge in [-0.05, 0) is 69.4 Å². The Bertz CT molecular complexity index is 1010. The Morgan fingerprint density at radius 1 is 1.27 bits per heavy atom. The Kier molecular flexibility index (Phi) is 5.10. The minimum Gasteiger partial charge on any atom is -0.456 e. The topological polar surface area (TPSA) is 76.8 Å². The van der Waals surface area contributed by atoms with Crippen LogP contribution in [-0.4, -0.2) is 16.6 Å². The second kappa shape index (κ2) is 7.59. The zero-order valence-corrected chi connectivity index (χ0v) is 18.0. The Balaban J connectivity index is 1.63. The highest BCUT2D eigenvalue weighted by molar-refractivity contribution is 5.70. The fourth-order valence-corrected chi connectivity index (χ4v) is 3.99. The molecule has 0 saturated carbocycles. The van der Waals surface area contributed by atoms with Gasteiger partial charge in [-0.3, -0.25) is 4.90 Å². The number of amides is 1. The molecule has 0 radical (unpaired) electrons. The summed E-state index contributed by atoms with van der Waals surface area (Å²) in [5.41, 5.74) is 9.69. The monoisotopic (exact) mass is 407 g/mol. The zero-order valence-electron chi connectivity index (χ0n) is 18.0. The second-order valence-electron chi connectivity index (χ2n) is 8.89. The third-order valence-electron chi connectivity index (χ3n) is 5.41. The molecule has 1 aliphatic heterocycles. The highest BCUT2D eigenvalue weighted by atomic mass is 16.6. The first-order chi connectivity index (χ1) is 14.2. The van der Waals surface area contributed by atoms with E-state index in [-0.39, 0.29) is 12.1 Å². The number of hydrogen-bond donors (Lipinski definition) is 2. The lowest BCUT2D eigenvalue weighted by molar-refractivity contribution is 0.0137. The first-order valence-corrected chi connectivity index (χ1v) is 10.3. The minimum absolute atomic E-state index is 0.0106. The Morgan fingerprint density at radius 3 is 2.80 bits per heavy atom. The molecule has 2 aromatic carbocycles. The summed E-state index contributed by atoms with van der Waals surface area (Å²) < 4.78 is 11.5. The summed E-state index contributed by atoms with van der Waals surface area (Å²) in [4.78, 5) is 15.0. The number of carbonyl (C=O) groups excluding carboxylic acids is 1. The Labute approximate surface area is 177 Å². The molecular formula is C24H29N3O3. The number of nitrogens with zero attached hydrogens (tertiary/aromatic N) is 1. The van der Waals surface area contributed by atoms with Gasteiger partial charge in [-0.15, -0.1) is 0 Å². The van der Waals surface area contributed by atoms with Gasteiger partial charge in [0.05, 0.1) is 11.7 Å². The molecule has 1 amide bonds. The van der Waals surface area contributed by atoms with Crippen molar-refractivity contribution in [1.82, 2.24) is 4.90 Å². The van der Waals surface area contributed by atoms with Gasteiger partial charge in [0.2, 0.25) is 0 Å². The minimum atomic E-state index is -0.560. The normalized spacial score (nSPS) is 17.5. The van der Waals surface area contributed by atoms with Crippen LogP contribution in [0.25, 0.3) is 0 Å². The smallest absolute Gasteiger partial charge is 0.411 e. The van der Waals surface area contributed by atoms with E-state index in [4.69, 9.17) is 15.2 Å². The maximum absolute atomic E-state index is 13.2. The second-order valence-corrected chi connectivity index (χ2v) is 8.89. The Hall–Kier alpha value is -3.15. The number of allylic oxidation sites excluding steroid dienone is 1. The number of anilines is 1. The van der Waals surface area contributed by atoms with Gasteiger partial charge < -0.3 is 20.5 Å². The lowest BCUT2D eigenvalue weighted by Crippen LogP contribution is -2.38. The van der Waals surface area contributed by atoms with Crippen LogP contribution in [0, 0.1) is 0 Å². The van der Waals surface area contributed by atoms with Crippen LogP contribution in [0.2, 0.25) is 0 Å². The van der Waals surface area contributed by atoms with Gasteiger partial charge in [-0.25, -0.2) is 4.79 Å². The van der Waals surface area contributed by atoms with Crippen molar-refractivity contribution in [3.05, 3.63) is 70.7 Å². The van der Waals surface area contributed by atoms with Crippen molar-refractivity contribution in [1.29, 1.82) is 0 Å². The summed E-state index contributed by atoms with van der Waals surface area (Å²) in [5.74, 6) is 1.86.